The zero-order valence-corrected chi connectivity index (χ0v) is 15.2. The molecule has 7 heteroatoms. The van der Waals surface area contributed by atoms with E-state index in [2.05, 4.69) is 15.4 Å². The lowest BCUT2D eigenvalue weighted by atomic mass is 10.1. The van der Waals surface area contributed by atoms with Gasteiger partial charge in [0.05, 0.1) is 31.0 Å². The molecular formula is C18H25N5O2. The van der Waals surface area contributed by atoms with Crippen LogP contribution in [0.2, 0.25) is 0 Å². The van der Waals surface area contributed by atoms with Gasteiger partial charge < -0.3 is 15.0 Å². The Balaban J connectivity index is 1.71. The number of morpholine rings is 1. The fraction of sp³-hybridized carbons (Fsp3) is 0.500. The second-order valence-electron chi connectivity index (χ2n) is 6.35. The summed E-state index contributed by atoms with van der Waals surface area (Å²) >= 11 is 0. The van der Waals surface area contributed by atoms with E-state index >= 15 is 0 Å². The average Bonchev–Trinajstić information content (AvgIpc) is 2.88. The summed E-state index contributed by atoms with van der Waals surface area (Å²) in [5.74, 6) is 0.906. The Kier molecular flexibility index (Phi) is 5.03. The fourth-order valence-electron chi connectivity index (χ4n) is 3.16. The molecule has 0 spiro atoms. The van der Waals surface area contributed by atoms with Crippen LogP contribution in [0.15, 0.2) is 18.2 Å². The molecule has 0 saturated carbocycles. The van der Waals surface area contributed by atoms with Crippen molar-refractivity contribution in [2.24, 2.45) is 7.05 Å². The minimum absolute atomic E-state index is 0.109. The lowest BCUT2D eigenvalue weighted by Gasteiger charge is -2.33. The molecule has 1 N–H and O–H groups in total. The van der Waals surface area contributed by atoms with E-state index < -0.39 is 0 Å². The summed E-state index contributed by atoms with van der Waals surface area (Å²) in [7, 11) is 3.74. The highest BCUT2D eigenvalue weighted by Gasteiger charge is 2.27. The molecule has 1 saturated heterocycles. The fourth-order valence-corrected chi connectivity index (χ4v) is 3.16. The molecule has 3 heterocycles. The average molecular weight is 343 g/mol. The van der Waals surface area contributed by atoms with Crippen LogP contribution in [0.5, 0.6) is 0 Å². The van der Waals surface area contributed by atoms with E-state index in [4.69, 9.17) is 4.74 Å². The standard InChI is InChI=1S/C18H25N5O2/c1-12-14(13(2)22(4)21-12)10-18(24)23-8-9-25-16(11-23)15-6-5-7-17(19-3)20-15/h5-7,16H,8-11H2,1-4H3,(H,19,20). The van der Waals surface area contributed by atoms with Crippen molar-refractivity contribution >= 4 is 11.7 Å². The lowest BCUT2D eigenvalue weighted by Crippen LogP contribution is -2.43. The number of rotatable bonds is 4. The van der Waals surface area contributed by atoms with Gasteiger partial charge in [-0.15, -0.1) is 0 Å². The predicted molar refractivity (Wildman–Crippen MR) is 95.4 cm³/mol. The lowest BCUT2D eigenvalue weighted by molar-refractivity contribution is -0.138. The molecule has 3 rings (SSSR count). The van der Waals surface area contributed by atoms with Crippen molar-refractivity contribution in [2.75, 3.05) is 32.1 Å². The molecular weight excluding hydrogens is 318 g/mol. The summed E-state index contributed by atoms with van der Waals surface area (Å²) in [6, 6.07) is 5.79. The van der Waals surface area contributed by atoms with Crippen molar-refractivity contribution in [3.63, 3.8) is 0 Å². The number of nitrogens with zero attached hydrogens (tertiary/aromatic N) is 4. The Morgan fingerprint density at radius 2 is 2.20 bits per heavy atom. The quantitative estimate of drug-likeness (QED) is 0.913. The maximum atomic E-state index is 12.8. The third-order valence-electron chi connectivity index (χ3n) is 4.76. The molecule has 1 amide bonds. The van der Waals surface area contributed by atoms with Gasteiger partial charge in [-0.3, -0.25) is 9.48 Å². The van der Waals surface area contributed by atoms with Crippen molar-refractivity contribution in [3.05, 3.63) is 40.8 Å². The molecule has 2 aromatic heterocycles. The molecule has 7 nitrogen and oxygen atoms in total. The molecule has 1 unspecified atom stereocenters. The molecule has 134 valence electrons. The molecule has 0 aromatic carbocycles. The van der Waals surface area contributed by atoms with E-state index in [-0.39, 0.29) is 12.0 Å². The largest absolute Gasteiger partial charge is 0.373 e. The van der Waals surface area contributed by atoms with Crippen molar-refractivity contribution in [3.8, 4) is 0 Å². The summed E-state index contributed by atoms with van der Waals surface area (Å²) in [5, 5.41) is 7.43. The van der Waals surface area contributed by atoms with E-state index in [1.165, 1.54) is 0 Å². The van der Waals surface area contributed by atoms with Gasteiger partial charge in [0.2, 0.25) is 5.91 Å². The smallest absolute Gasteiger partial charge is 0.227 e. The Morgan fingerprint density at radius 3 is 2.88 bits per heavy atom. The van der Waals surface area contributed by atoms with Gasteiger partial charge in [0.1, 0.15) is 11.9 Å². The summed E-state index contributed by atoms with van der Waals surface area (Å²) in [4.78, 5) is 19.2. The number of carbonyl (C=O) groups is 1. The van der Waals surface area contributed by atoms with Crippen LogP contribution in [0.3, 0.4) is 0 Å². The van der Waals surface area contributed by atoms with Crippen LogP contribution >= 0.6 is 0 Å². The van der Waals surface area contributed by atoms with Gasteiger partial charge in [-0.2, -0.15) is 5.10 Å². The van der Waals surface area contributed by atoms with E-state index in [0.29, 0.717) is 26.1 Å². The van der Waals surface area contributed by atoms with E-state index in [1.807, 2.05) is 55.7 Å². The highest BCUT2D eigenvalue weighted by Crippen LogP contribution is 2.23. The van der Waals surface area contributed by atoms with Crippen LogP contribution < -0.4 is 5.32 Å². The molecule has 0 radical (unpaired) electrons. The first-order valence-electron chi connectivity index (χ1n) is 8.52. The summed E-state index contributed by atoms with van der Waals surface area (Å²) in [6.45, 7) is 5.60. The van der Waals surface area contributed by atoms with Gasteiger partial charge in [-0.1, -0.05) is 6.07 Å². The van der Waals surface area contributed by atoms with E-state index in [0.717, 1.165) is 28.5 Å². The van der Waals surface area contributed by atoms with Crippen LogP contribution in [0.25, 0.3) is 0 Å². The number of ether oxygens (including phenoxy) is 1. The van der Waals surface area contributed by atoms with Gasteiger partial charge in [0.15, 0.2) is 0 Å². The molecule has 2 aromatic rings. The van der Waals surface area contributed by atoms with Gasteiger partial charge in [0.25, 0.3) is 0 Å². The molecule has 1 aliphatic rings. The normalized spacial score (nSPS) is 17.6. The number of carbonyl (C=O) groups excluding carboxylic acids is 1. The van der Waals surface area contributed by atoms with Gasteiger partial charge in [0, 0.05) is 31.9 Å². The first kappa shape index (κ1) is 17.4. The summed E-state index contributed by atoms with van der Waals surface area (Å²) in [6.07, 6.45) is 0.185. The first-order chi connectivity index (χ1) is 12.0. The topological polar surface area (TPSA) is 72.3 Å². The maximum Gasteiger partial charge on any atom is 0.227 e. The third-order valence-corrected chi connectivity index (χ3v) is 4.76. The number of nitrogens with one attached hydrogen (secondary N) is 1. The van der Waals surface area contributed by atoms with Gasteiger partial charge in [-0.25, -0.2) is 4.98 Å². The number of pyridine rings is 1. The minimum Gasteiger partial charge on any atom is -0.373 e. The number of aromatic nitrogens is 3. The first-order valence-corrected chi connectivity index (χ1v) is 8.52. The van der Waals surface area contributed by atoms with Crippen molar-refractivity contribution in [2.45, 2.75) is 26.4 Å². The molecule has 1 aliphatic heterocycles. The zero-order chi connectivity index (χ0) is 18.0. The predicted octanol–water partition coefficient (Wildman–Crippen LogP) is 1.62. The molecule has 1 fully saturated rings. The summed E-state index contributed by atoms with van der Waals surface area (Å²) in [5.41, 5.74) is 3.82. The minimum atomic E-state index is -0.193. The van der Waals surface area contributed by atoms with E-state index in [9.17, 15) is 4.79 Å². The third kappa shape index (κ3) is 3.66. The Morgan fingerprint density at radius 1 is 1.40 bits per heavy atom. The van der Waals surface area contributed by atoms with Gasteiger partial charge in [-0.05, 0) is 26.0 Å². The van der Waals surface area contributed by atoms with Gasteiger partial charge >= 0.3 is 0 Å². The summed E-state index contributed by atoms with van der Waals surface area (Å²) < 4.78 is 7.67. The number of aryl methyl sites for hydroxylation is 2. The Hall–Kier alpha value is -2.41. The van der Waals surface area contributed by atoms with Crippen LogP contribution in [0, 0.1) is 13.8 Å². The Bertz CT molecular complexity index is 771. The second-order valence-corrected chi connectivity index (χ2v) is 6.35. The Labute approximate surface area is 148 Å². The molecule has 0 bridgehead atoms. The SMILES string of the molecule is CNc1cccc(C2CN(C(=O)Cc3c(C)nn(C)c3C)CCO2)n1. The number of anilines is 1. The zero-order valence-electron chi connectivity index (χ0n) is 15.2. The van der Waals surface area contributed by atoms with Crippen molar-refractivity contribution < 1.29 is 9.53 Å². The van der Waals surface area contributed by atoms with Crippen LogP contribution in [-0.4, -0.2) is 52.3 Å². The van der Waals surface area contributed by atoms with Crippen LogP contribution in [0.4, 0.5) is 5.82 Å². The highest BCUT2D eigenvalue weighted by atomic mass is 16.5. The number of hydrogen-bond donors (Lipinski definition) is 1. The highest BCUT2D eigenvalue weighted by molar-refractivity contribution is 5.79. The van der Waals surface area contributed by atoms with E-state index in [1.54, 1.807) is 0 Å². The molecule has 25 heavy (non-hydrogen) atoms. The van der Waals surface area contributed by atoms with Crippen LogP contribution in [-0.2, 0) is 23.0 Å². The second kappa shape index (κ2) is 7.23. The monoisotopic (exact) mass is 343 g/mol. The maximum absolute atomic E-state index is 12.8. The van der Waals surface area contributed by atoms with Crippen LogP contribution in [0.1, 0.15) is 28.7 Å². The van der Waals surface area contributed by atoms with Crippen molar-refractivity contribution in [1.82, 2.24) is 19.7 Å². The number of amides is 1. The molecule has 0 aliphatic carbocycles. The molecule has 1 atom stereocenters. The number of hydrogen-bond acceptors (Lipinski definition) is 5. The van der Waals surface area contributed by atoms with Crippen molar-refractivity contribution in [1.29, 1.82) is 0 Å².